The van der Waals surface area contributed by atoms with Crippen LogP contribution in [0.5, 0.6) is 0 Å². The van der Waals surface area contributed by atoms with Gasteiger partial charge in [0.25, 0.3) is 0 Å². The number of anilines is 1. The van der Waals surface area contributed by atoms with Crippen LogP contribution >= 0.6 is 24.0 Å². The molecular weight excluding hydrogens is 300 g/mol. The summed E-state index contributed by atoms with van der Waals surface area (Å²) in [6, 6.07) is 5.89. The fourth-order valence-electron chi connectivity index (χ4n) is 1.64. The first-order valence-corrected chi connectivity index (χ1v) is 6.89. The Balaban J connectivity index is 1.98. The molecule has 0 radical (unpaired) electrons. The van der Waals surface area contributed by atoms with Crippen molar-refractivity contribution in [2.24, 2.45) is 0 Å². The molecule has 0 saturated carbocycles. The molecule has 1 aromatic rings. The van der Waals surface area contributed by atoms with E-state index in [4.69, 9.17) is 17.3 Å². The lowest BCUT2D eigenvalue weighted by Crippen LogP contribution is -2.27. The molecule has 6 nitrogen and oxygen atoms in total. The van der Waals surface area contributed by atoms with E-state index >= 15 is 0 Å². The van der Waals surface area contributed by atoms with Gasteiger partial charge in [-0.15, -0.1) is 0 Å². The number of carbonyl (C=O) groups is 3. The summed E-state index contributed by atoms with van der Waals surface area (Å²) >= 11 is 5.97. The number of nitrogens with one attached hydrogen (secondary N) is 2. The van der Waals surface area contributed by atoms with Crippen LogP contribution in [0.4, 0.5) is 5.69 Å². The summed E-state index contributed by atoms with van der Waals surface area (Å²) in [5.74, 6) is -1.73. The molecule has 1 unspecified atom stereocenters. The van der Waals surface area contributed by atoms with E-state index in [1.54, 1.807) is 6.07 Å². The highest BCUT2D eigenvalue weighted by Gasteiger charge is 2.30. The predicted molar refractivity (Wildman–Crippen MR) is 78.8 cm³/mol. The van der Waals surface area contributed by atoms with Gasteiger partial charge in [-0.25, -0.2) is 4.79 Å². The first kappa shape index (κ1) is 14.5. The Bertz CT molecular complexity index is 603. The Hall–Kier alpha value is -1.93. The van der Waals surface area contributed by atoms with Gasteiger partial charge >= 0.3 is 5.97 Å². The van der Waals surface area contributed by atoms with Crippen molar-refractivity contribution >= 4 is 51.8 Å². The van der Waals surface area contributed by atoms with E-state index in [0.717, 1.165) is 11.8 Å². The Morgan fingerprint density at radius 1 is 1.45 bits per heavy atom. The van der Waals surface area contributed by atoms with Crippen molar-refractivity contribution in [3.63, 3.8) is 0 Å². The van der Waals surface area contributed by atoms with Crippen molar-refractivity contribution in [1.82, 2.24) is 5.32 Å². The highest BCUT2D eigenvalue weighted by Crippen LogP contribution is 2.22. The number of hydrogen-bond donors (Lipinski definition) is 3. The molecule has 3 N–H and O–H groups in total. The molecule has 1 heterocycles. The molecule has 8 heteroatoms. The number of carbonyl (C=O) groups excluding carboxylic acids is 2. The van der Waals surface area contributed by atoms with Crippen molar-refractivity contribution < 1.29 is 19.5 Å². The maximum Gasteiger partial charge on any atom is 0.335 e. The lowest BCUT2D eigenvalue weighted by atomic mass is 10.2. The van der Waals surface area contributed by atoms with Crippen LogP contribution in [0.1, 0.15) is 16.8 Å². The highest BCUT2D eigenvalue weighted by molar-refractivity contribution is 8.24. The number of benzene rings is 1. The number of aromatic carboxylic acids is 1. The summed E-state index contributed by atoms with van der Waals surface area (Å²) in [5.41, 5.74) is 0.456. The van der Waals surface area contributed by atoms with Crippen molar-refractivity contribution in [3.8, 4) is 0 Å². The molecule has 1 aliphatic rings. The van der Waals surface area contributed by atoms with Gasteiger partial charge < -0.3 is 15.7 Å². The SMILES string of the molecule is O=C(CC1SC(=S)NC1=O)Nc1cccc(C(=O)O)c1. The fraction of sp³-hybridized carbons (Fsp3) is 0.167. The lowest BCUT2D eigenvalue weighted by Gasteiger charge is -2.08. The Morgan fingerprint density at radius 2 is 2.20 bits per heavy atom. The number of thiocarbonyl (C=S) groups is 1. The van der Waals surface area contributed by atoms with Crippen molar-refractivity contribution in [2.45, 2.75) is 11.7 Å². The van der Waals surface area contributed by atoms with Crippen LogP contribution in [0, 0.1) is 0 Å². The molecule has 2 rings (SSSR count). The average Bonchev–Trinajstić information content (AvgIpc) is 2.67. The molecule has 1 atom stereocenters. The number of thioether (sulfide) groups is 1. The quantitative estimate of drug-likeness (QED) is 0.724. The van der Waals surface area contributed by atoms with Crippen LogP contribution in [0.2, 0.25) is 0 Å². The Kier molecular flexibility index (Phi) is 4.35. The fourth-order valence-corrected chi connectivity index (χ4v) is 2.91. The van der Waals surface area contributed by atoms with Crippen LogP contribution < -0.4 is 10.6 Å². The van der Waals surface area contributed by atoms with Gasteiger partial charge in [-0.05, 0) is 18.2 Å². The minimum atomic E-state index is -1.07. The molecule has 0 bridgehead atoms. The van der Waals surface area contributed by atoms with Gasteiger partial charge in [0, 0.05) is 12.1 Å². The summed E-state index contributed by atoms with van der Waals surface area (Å²) < 4.78 is 0.362. The van der Waals surface area contributed by atoms with Crippen LogP contribution in [-0.2, 0) is 9.59 Å². The number of carboxylic acid groups (broad SMARTS) is 1. The maximum absolute atomic E-state index is 11.8. The van der Waals surface area contributed by atoms with Crippen LogP contribution in [0.15, 0.2) is 24.3 Å². The van der Waals surface area contributed by atoms with Gasteiger partial charge in [0.05, 0.1) is 10.8 Å². The van der Waals surface area contributed by atoms with E-state index in [9.17, 15) is 14.4 Å². The summed E-state index contributed by atoms with van der Waals surface area (Å²) in [6.07, 6.45) is -0.0199. The molecule has 104 valence electrons. The molecule has 0 aliphatic carbocycles. The van der Waals surface area contributed by atoms with Crippen molar-refractivity contribution in [3.05, 3.63) is 29.8 Å². The molecule has 2 amide bonds. The first-order valence-electron chi connectivity index (χ1n) is 5.60. The van der Waals surface area contributed by atoms with E-state index in [2.05, 4.69) is 10.6 Å². The van der Waals surface area contributed by atoms with E-state index in [0.29, 0.717) is 10.0 Å². The van der Waals surface area contributed by atoms with Crippen molar-refractivity contribution in [1.29, 1.82) is 0 Å². The zero-order chi connectivity index (χ0) is 14.7. The third-order valence-corrected chi connectivity index (χ3v) is 3.90. The normalized spacial score (nSPS) is 17.7. The summed E-state index contributed by atoms with van der Waals surface area (Å²) in [6.45, 7) is 0. The number of hydrogen-bond acceptors (Lipinski definition) is 5. The summed E-state index contributed by atoms with van der Waals surface area (Å²) in [7, 11) is 0. The highest BCUT2D eigenvalue weighted by atomic mass is 32.2. The number of amides is 2. The van der Waals surface area contributed by atoms with Crippen LogP contribution in [0.25, 0.3) is 0 Å². The van der Waals surface area contributed by atoms with Gasteiger partial charge in [-0.2, -0.15) is 0 Å². The topological polar surface area (TPSA) is 95.5 Å². The van der Waals surface area contributed by atoms with E-state index < -0.39 is 11.2 Å². The largest absolute Gasteiger partial charge is 0.478 e. The molecule has 1 fully saturated rings. The third kappa shape index (κ3) is 3.55. The Morgan fingerprint density at radius 3 is 2.80 bits per heavy atom. The minimum absolute atomic E-state index is 0.0199. The van der Waals surface area contributed by atoms with Gasteiger partial charge in [-0.3, -0.25) is 9.59 Å². The average molecular weight is 310 g/mol. The zero-order valence-corrected chi connectivity index (χ0v) is 11.7. The first-order chi connectivity index (χ1) is 9.45. The summed E-state index contributed by atoms with van der Waals surface area (Å²) in [4.78, 5) is 34.1. The van der Waals surface area contributed by atoms with E-state index in [-0.39, 0.29) is 23.8 Å². The van der Waals surface area contributed by atoms with Gasteiger partial charge in [-0.1, -0.05) is 30.0 Å². The number of carboxylic acids is 1. The van der Waals surface area contributed by atoms with E-state index in [1.807, 2.05) is 0 Å². The number of rotatable bonds is 4. The van der Waals surface area contributed by atoms with Crippen molar-refractivity contribution in [2.75, 3.05) is 5.32 Å². The molecule has 1 saturated heterocycles. The molecule has 0 aromatic heterocycles. The lowest BCUT2D eigenvalue weighted by molar-refractivity contribution is -0.122. The second kappa shape index (κ2) is 6.02. The standard InChI is InChI=1S/C12H10N2O4S2/c15-9(5-8-10(16)14-12(19)20-8)13-7-3-1-2-6(4-7)11(17)18/h1-4,8H,5H2,(H,13,15)(H,17,18)(H,14,16,19). The van der Waals surface area contributed by atoms with Gasteiger partial charge in [0.1, 0.15) is 4.32 Å². The molecule has 0 spiro atoms. The van der Waals surface area contributed by atoms with Gasteiger partial charge in [0.2, 0.25) is 11.8 Å². The monoisotopic (exact) mass is 310 g/mol. The third-order valence-electron chi connectivity index (χ3n) is 2.53. The summed E-state index contributed by atoms with van der Waals surface area (Å²) in [5, 5.41) is 13.3. The van der Waals surface area contributed by atoms with Crippen LogP contribution in [-0.4, -0.2) is 32.5 Å². The Labute approximate surface area is 123 Å². The van der Waals surface area contributed by atoms with Crippen LogP contribution in [0.3, 0.4) is 0 Å². The predicted octanol–water partition coefficient (Wildman–Crippen LogP) is 1.23. The second-order valence-corrected chi connectivity index (χ2v) is 5.90. The smallest absolute Gasteiger partial charge is 0.335 e. The zero-order valence-electron chi connectivity index (χ0n) is 10.1. The molecule has 20 heavy (non-hydrogen) atoms. The van der Waals surface area contributed by atoms with E-state index in [1.165, 1.54) is 18.2 Å². The molecule has 1 aromatic carbocycles. The second-order valence-electron chi connectivity index (χ2n) is 4.02. The minimum Gasteiger partial charge on any atom is -0.478 e. The van der Waals surface area contributed by atoms with Gasteiger partial charge in [0.15, 0.2) is 0 Å². The maximum atomic E-state index is 11.8. The molecule has 1 aliphatic heterocycles. The molecular formula is C12H10N2O4S2.